The topological polar surface area (TPSA) is 84.3 Å². The van der Waals surface area contributed by atoms with Crippen LogP contribution in [0, 0.1) is 20.8 Å². The molecule has 0 unspecified atom stereocenters. The van der Waals surface area contributed by atoms with E-state index in [9.17, 15) is 14.4 Å². The van der Waals surface area contributed by atoms with E-state index in [1.165, 1.54) is 16.4 Å². The second-order valence-electron chi connectivity index (χ2n) is 8.66. The van der Waals surface area contributed by atoms with Crippen molar-refractivity contribution in [1.29, 1.82) is 0 Å². The molecule has 0 aliphatic heterocycles. The average molecular weight is 469 g/mol. The fourth-order valence-electron chi connectivity index (χ4n) is 4.14. The second-order valence-corrected chi connectivity index (χ2v) is 8.66. The van der Waals surface area contributed by atoms with Gasteiger partial charge in [-0.2, -0.15) is 0 Å². The number of carbonyl (C=O) groups is 2. The average Bonchev–Trinajstić information content (AvgIpc) is 2.82. The highest BCUT2D eigenvalue weighted by molar-refractivity contribution is 5.94. The summed E-state index contributed by atoms with van der Waals surface area (Å²) in [6.07, 6.45) is 0. The quantitative estimate of drug-likeness (QED) is 0.451. The maximum atomic E-state index is 13.7. The highest BCUT2D eigenvalue weighted by Gasteiger charge is 2.22. The summed E-state index contributed by atoms with van der Waals surface area (Å²) in [6.45, 7) is 7.20. The summed E-state index contributed by atoms with van der Waals surface area (Å²) < 4.78 is 1.38. The Bertz CT molecular complexity index is 1470. The third-order valence-corrected chi connectivity index (χ3v) is 6.11. The molecule has 0 aliphatic carbocycles. The molecule has 4 aromatic rings. The van der Waals surface area contributed by atoms with Gasteiger partial charge in [0.05, 0.1) is 17.6 Å². The molecule has 2 amide bonds. The number of anilines is 2. The van der Waals surface area contributed by atoms with Gasteiger partial charge in [0.1, 0.15) is 6.54 Å². The summed E-state index contributed by atoms with van der Waals surface area (Å²) in [4.78, 5) is 45.3. The number of hydrogen-bond donors (Lipinski definition) is 1. The number of nitrogens with zero attached hydrogens (tertiary/aromatic N) is 3. The lowest BCUT2D eigenvalue weighted by Crippen LogP contribution is -2.38. The molecule has 0 bridgehead atoms. The summed E-state index contributed by atoms with van der Waals surface area (Å²) in [5.74, 6) is -0.640. The van der Waals surface area contributed by atoms with E-state index in [0.717, 1.165) is 27.9 Å². The first-order chi connectivity index (χ1) is 16.8. The monoisotopic (exact) mass is 468 g/mol. The molecule has 178 valence electrons. The van der Waals surface area contributed by atoms with Gasteiger partial charge in [0, 0.05) is 12.6 Å². The lowest BCUT2D eigenvalue weighted by Gasteiger charge is -2.22. The molecule has 4 rings (SSSR count). The van der Waals surface area contributed by atoms with Crippen LogP contribution in [0.3, 0.4) is 0 Å². The van der Waals surface area contributed by atoms with Crippen LogP contribution in [-0.4, -0.2) is 21.4 Å². The minimum absolute atomic E-state index is 0.000625. The molecule has 1 heterocycles. The Kier molecular flexibility index (Phi) is 6.78. The van der Waals surface area contributed by atoms with E-state index < -0.39 is 5.56 Å². The molecule has 3 aromatic carbocycles. The van der Waals surface area contributed by atoms with Crippen molar-refractivity contribution in [3.05, 3.63) is 99.3 Å². The summed E-state index contributed by atoms with van der Waals surface area (Å²) in [5.41, 5.74) is 5.08. The SMILES string of the molecule is CC(=O)N(Cc1ccccc1C)c1nc2ccccc2n(CC(=O)Nc2c(C)cccc2C)c1=O. The van der Waals surface area contributed by atoms with E-state index in [2.05, 4.69) is 10.3 Å². The zero-order chi connectivity index (χ0) is 25.1. The van der Waals surface area contributed by atoms with Crippen LogP contribution < -0.4 is 15.8 Å². The first-order valence-corrected chi connectivity index (χ1v) is 11.4. The van der Waals surface area contributed by atoms with E-state index in [1.54, 1.807) is 18.2 Å². The number of benzene rings is 3. The van der Waals surface area contributed by atoms with E-state index in [-0.39, 0.29) is 30.7 Å². The number of fused-ring (bicyclic) bond motifs is 1. The Labute approximate surface area is 204 Å². The van der Waals surface area contributed by atoms with Crippen molar-refractivity contribution in [2.24, 2.45) is 0 Å². The minimum Gasteiger partial charge on any atom is -0.324 e. The number of nitrogens with one attached hydrogen (secondary N) is 1. The van der Waals surface area contributed by atoms with Gasteiger partial charge in [0.15, 0.2) is 0 Å². The van der Waals surface area contributed by atoms with Gasteiger partial charge in [-0.3, -0.25) is 23.9 Å². The van der Waals surface area contributed by atoms with Gasteiger partial charge in [-0.25, -0.2) is 4.98 Å². The van der Waals surface area contributed by atoms with E-state index in [1.807, 2.05) is 69.3 Å². The molecule has 7 heteroatoms. The number of rotatable bonds is 6. The van der Waals surface area contributed by atoms with Gasteiger partial charge in [0.25, 0.3) is 5.56 Å². The van der Waals surface area contributed by atoms with Crippen molar-refractivity contribution in [3.63, 3.8) is 0 Å². The fourth-order valence-corrected chi connectivity index (χ4v) is 4.14. The first kappa shape index (κ1) is 23.9. The number of hydrogen-bond acceptors (Lipinski definition) is 4. The van der Waals surface area contributed by atoms with Gasteiger partial charge < -0.3 is 5.32 Å². The fraction of sp³-hybridized carbons (Fsp3) is 0.214. The molecule has 1 aromatic heterocycles. The number of amides is 2. The zero-order valence-corrected chi connectivity index (χ0v) is 20.3. The van der Waals surface area contributed by atoms with Crippen LogP contribution in [0.4, 0.5) is 11.5 Å². The lowest BCUT2D eigenvalue weighted by atomic mass is 10.1. The van der Waals surface area contributed by atoms with Crippen LogP contribution in [0.25, 0.3) is 11.0 Å². The van der Waals surface area contributed by atoms with Crippen LogP contribution in [0.2, 0.25) is 0 Å². The number of para-hydroxylation sites is 3. The molecule has 0 radical (unpaired) electrons. The normalized spacial score (nSPS) is 10.9. The van der Waals surface area contributed by atoms with Crippen LogP contribution in [-0.2, 0) is 22.7 Å². The summed E-state index contributed by atoms with van der Waals surface area (Å²) in [7, 11) is 0. The van der Waals surface area contributed by atoms with Crippen molar-refractivity contribution >= 4 is 34.4 Å². The smallest absolute Gasteiger partial charge is 0.294 e. The van der Waals surface area contributed by atoms with E-state index in [0.29, 0.717) is 11.0 Å². The van der Waals surface area contributed by atoms with Crippen LogP contribution >= 0.6 is 0 Å². The molecule has 35 heavy (non-hydrogen) atoms. The van der Waals surface area contributed by atoms with Crippen molar-refractivity contribution < 1.29 is 9.59 Å². The highest BCUT2D eigenvalue weighted by atomic mass is 16.2. The van der Waals surface area contributed by atoms with Gasteiger partial charge in [-0.15, -0.1) is 0 Å². The third kappa shape index (κ3) is 4.99. The predicted molar refractivity (Wildman–Crippen MR) is 139 cm³/mol. The Balaban J connectivity index is 1.77. The molecular weight excluding hydrogens is 440 g/mol. The highest BCUT2D eigenvalue weighted by Crippen LogP contribution is 2.21. The predicted octanol–water partition coefficient (Wildman–Crippen LogP) is 4.51. The summed E-state index contributed by atoms with van der Waals surface area (Å²) >= 11 is 0. The largest absolute Gasteiger partial charge is 0.324 e. The number of carbonyl (C=O) groups excluding carboxylic acids is 2. The zero-order valence-electron chi connectivity index (χ0n) is 20.3. The maximum absolute atomic E-state index is 13.7. The van der Waals surface area contributed by atoms with Crippen molar-refractivity contribution in [2.75, 3.05) is 10.2 Å². The Morgan fingerprint density at radius 1 is 0.886 bits per heavy atom. The van der Waals surface area contributed by atoms with Crippen molar-refractivity contribution in [3.8, 4) is 0 Å². The van der Waals surface area contributed by atoms with Crippen LogP contribution in [0.5, 0.6) is 0 Å². The van der Waals surface area contributed by atoms with E-state index in [4.69, 9.17) is 0 Å². The molecule has 0 fully saturated rings. The number of aryl methyl sites for hydroxylation is 3. The minimum atomic E-state index is -0.496. The van der Waals surface area contributed by atoms with Gasteiger partial charge in [-0.05, 0) is 55.2 Å². The second kappa shape index (κ2) is 9.93. The Morgan fingerprint density at radius 2 is 1.51 bits per heavy atom. The molecule has 0 spiro atoms. The van der Waals surface area contributed by atoms with Crippen molar-refractivity contribution in [1.82, 2.24) is 9.55 Å². The van der Waals surface area contributed by atoms with Gasteiger partial charge >= 0.3 is 0 Å². The van der Waals surface area contributed by atoms with Crippen LogP contribution in [0.15, 0.2) is 71.5 Å². The molecule has 0 atom stereocenters. The molecule has 7 nitrogen and oxygen atoms in total. The Morgan fingerprint density at radius 3 is 2.20 bits per heavy atom. The third-order valence-electron chi connectivity index (χ3n) is 6.11. The lowest BCUT2D eigenvalue weighted by molar-refractivity contribution is -0.117. The standard InChI is InChI=1S/C28H28N4O3/c1-18-10-5-6-13-22(18)16-31(21(4)33)27-28(35)32(24-15-8-7-14-23(24)29-27)17-25(34)30-26-19(2)11-9-12-20(26)3/h5-15H,16-17H2,1-4H3,(H,30,34). The molecule has 1 N–H and O–H groups in total. The molecule has 0 saturated heterocycles. The summed E-state index contributed by atoms with van der Waals surface area (Å²) in [6, 6.07) is 20.6. The maximum Gasteiger partial charge on any atom is 0.294 e. The molecular formula is C28H28N4O3. The summed E-state index contributed by atoms with van der Waals surface area (Å²) in [5, 5.41) is 2.94. The molecule has 0 saturated carbocycles. The van der Waals surface area contributed by atoms with E-state index >= 15 is 0 Å². The number of aromatic nitrogens is 2. The van der Waals surface area contributed by atoms with Gasteiger partial charge in [-0.1, -0.05) is 54.6 Å². The van der Waals surface area contributed by atoms with Gasteiger partial charge in [0.2, 0.25) is 17.6 Å². The first-order valence-electron chi connectivity index (χ1n) is 11.4. The van der Waals surface area contributed by atoms with Crippen LogP contribution in [0.1, 0.15) is 29.2 Å². The Hall–Kier alpha value is -4.26. The van der Waals surface area contributed by atoms with Crippen molar-refractivity contribution in [2.45, 2.75) is 40.8 Å². The molecule has 0 aliphatic rings.